The molecule has 0 aromatic heterocycles. The van der Waals surface area contributed by atoms with Gasteiger partial charge in [0.15, 0.2) is 0 Å². The maximum absolute atomic E-state index is 11.0. The molecule has 0 radical (unpaired) electrons. The average Bonchev–Trinajstić information content (AvgIpc) is 2.38. The second-order valence-electron chi connectivity index (χ2n) is 3.99. The summed E-state index contributed by atoms with van der Waals surface area (Å²) >= 11 is 0. The number of aromatic hydroxyl groups is 1. The van der Waals surface area contributed by atoms with Gasteiger partial charge in [-0.25, -0.2) is 4.79 Å². The SMILES string of the molecule is Cc1cc(O)ccc1N=Nc1ccccc1C(=O)O. The molecule has 0 aliphatic heterocycles. The van der Waals surface area contributed by atoms with E-state index in [0.717, 1.165) is 5.56 Å². The van der Waals surface area contributed by atoms with Gasteiger partial charge < -0.3 is 10.2 Å². The molecule has 0 spiro atoms. The fourth-order valence-electron chi connectivity index (χ4n) is 1.60. The van der Waals surface area contributed by atoms with E-state index in [2.05, 4.69) is 10.2 Å². The minimum absolute atomic E-state index is 0.0997. The molecule has 0 aliphatic rings. The summed E-state index contributed by atoms with van der Waals surface area (Å²) in [4.78, 5) is 11.0. The van der Waals surface area contributed by atoms with Crippen molar-refractivity contribution >= 4 is 17.3 Å². The number of nitrogens with zero attached hydrogens (tertiary/aromatic N) is 2. The van der Waals surface area contributed by atoms with Crippen molar-refractivity contribution < 1.29 is 15.0 Å². The van der Waals surface area contributed by atoms with Gasteiger partial charge in [-0.15, -0.1) is 5.11 Å². The van der Waals surface area contributed by atoms with Crippen LogP contribution in [0.3, 0.4) is 0 Å². The Morgan fingerprint density at radius 1 is 1.05 bits per heavy atom. The number of hydrogen-bond acceptors (Lipinski definition) is 4. The van der Waals surface area contributed by atoms with E-state index < -0.39 is 5.97 Å². The molecule has 0 saturated carbocycles. The Morgan fingerprint density at radius 3 is 2.42 bits per heavy atom. The molecule has 0 aliphatic carbocycles. The topological polar surface area (TPSA) is 82.2 Å². The number of carbonyl (C=O) groups is 1. The van der Waals surface area contributed by atoms with E-state index in [4.69, 9.17) is 5.11 Å². The van der Waals surface area contributed by atoms with Crippen molar-refractivity contribution in [2.75, 3.05) is 0 Å². The molecular weight excluding hydrogens is 244 g/mol. The lowest BCUT2D eigenvalue weighted by Gasteiger charge is -2.01. The van der Waals surface area contributed by atoms with Crippen molar-refractivity contribution in [2.45, 2.75) is 6.92 Å². The van der Waals surface area contributed by atoms with Crippen molar-refractivity contribution in [3.05, 3.63) is 53.6 Å². The standard InChI is InChI=1S/C14H12N2O3/c1-9-8-10(17)6-7-12(9)15-16-13-5-3-2-4-11(13)14(18)19/h2-8,17H,1H3,(H,18,19). The van der Waals surface area contributed by atoms with E-state index in [-0.39, 0.29) is 11.3 Å². The average molecular weight is 256 g/mol. The quantitative estimate of drug-likeness (QED) is 0.819. The molecule has 96 valence electrons. The molecule has 2 rings (SSSR count). The van der Waals surface area contributed by atoms with Crippen molar-refractivity contribution in [3.8, 4) is 5.75 Å². The van der Waals surface area contributed by atoms with Gasteiger partial charge in [0.05, 0.1) is 11.3 Å². The summed E-state index contributed by atoms with van der Waals surface area (Å²) in [5.74, 6) is -0.889. The zero-order valence-corrected chi connectivity index (χ0v) is 10.2. The van der Waals surface area contributed by atoms with E-state index in [1.807, 2.05) is 0 Å². The summed E-state index contributed by atoms with van der Waals surface area (Å²) in [7, 11) is 0. The van der Waals surface area contributed by atoms with Crippen LogP contribution in [-0.4, -0.2) is 16.2 Å². The predicted molar refractivity (Wildman–Crippen MR) is 70.4 cm³/mol. The lowest BCUT2D eigenvalue weighted by molar-refractivity contribution is 0.0697. The second-order valence-corrected chi connectivity index (χ2v) is 3.99. The van der Waals surface area contributed by atoms with Gasteiger partial charge in [0, 0.05) is 0 Å². The Hall–Kier alpha value is -2.69. The molecule has 0 atom stereocenters. The van der Waals surface area contributed by atoms with Crippen molar-refractivity contribution in [1.82, 2.24) is 0 Å². The zero-order valence-electron chi connectivity index (χ0n) is 10.2. The molecule has 0 saturated heterocycles. The summed E-state index contributed by atoms with van der Waals surface area (Å²) < 4.78 is 0. The maximum Gasteiger partial charge on any atom is 0.337 e. The number of phenolic OH excluding ortho intramolecular Hbond substituents is 1. The van der Waals surface area contributed by atoms with Crippen LogP contribution in [0, 0.1) is 6.92 Å². The largest absolute Gasteiger partial charge is 0.508 e. The Kier molecular flexibility index (Phi) is 3.56. The minimum Gasteiger partial charge on any atom is -0.508 e. The first-order chi connectivity index (χ1) is 9.08. The molecule has 0 fully saturated rings. The smallest absolute Gasteiger partial charge is 0.337 e. The molecule has 2 N–H and O–H groups in total. The number of carboxylic acids is 1. The van der Waals surface area contributed by atoms with Crippen molar-refractivity contribution in [3.63, 3.8) is 0 Å². The summed E-state index contributed by atoms with van der Waals surface area (Å²) in [6.07, 6.45) is 0. The van der Waals surface area contributed by atoms with Crippen molar-refractivity contribution in [1.29, 1.82) is 0 Å². The number of carboxylic acid groups (broad SMARTS) is 1. The van der Waals surface area contributed by atoms with Gasteiger partial charge in [-0.2, -0.15) is 5.11 Å². The molecule has 0 bridgehead atoms. The first-order valence-electron chi connectivity index (χ1n) is 5.61. The van der Waals surface area contributed by atoms with E-state index >= 15 is 0 Å². The number of azo groups is 1. The summed E-state index contributed by atoms with van der Waals surface area (Å²) in [6.45, 7) is 1.79. The molecular formula is C14H12N2O3. The van der Waals surface area contributed by atoms with Gasteiger partial charge in [0.2, 0.25) is 0 Å². The third-order valence-corrected chi connectivity index (χ3v) is 2.58. The molecule has 0 unspecified atom stereocenters. The highest BCUT2D eigenvalue weighted by Gasteiger charge is 2.08. The predicted octanol–water partition coefficient (Wildman–Crippen LogP) is 3.81. The van der Waals surface area contributed by atoms with Crippen LogP contribution < -0.4 is 0 Å². The highest BCUT2D eigenvalue weighted by atomic mass is 16.4. The van der Waals surface area contributed by atoms with Crippen LogP contribution in [0.15, 0.2) is 52.7 Å². The number of aromatic carboxylic acids is 1. The first-order valence-corrected chi connectivity index (χ1v) is 5.61. The van der Waals surface area contributed by atoms with E-state index in [1.54, 1.807) is 37.3 Å². The molecule has 0 heterocycles. The van der Waals surface area contributed by atoms with E-state index in [9.17, 15) is 9.90 Å². The monoisotopic (exact) mass is 256 g/mol. The fraction of sp³-hybridized carbons (Fsp3) is 0.0714. The molecule has 5 heteroatoms. The Bertz CT molecular complexity index is 651. The molecule has 19 heavy (non-hydrogen) atoms. The number of rotatable bonds is 3. The number of phenols is 1. The first kappa shape index (κ1) is 12.8. The Balaban J connectivity index is 2.35. The Labute approximate surface area is 109 Å². The second kappa shape index (κ2) is 5.30. The zero-order chi connectivity index (χ0) is 13.8. The molecule has 0 amide bonds. The van der Waals surface area contributed by atoms with Gasteiger partial charge >= 0.3 is 5.97 Å². The third kappa shape index (κ3) is 2.95. The normalized spacial score (nSPS) is 10.8. The highest BCUT2D eigenvalue weighted by molar-refractivity contribution is 5.93. The number of aryl methyl sites for hydroxylation is 1. The van der Waals surface area contributed by atoms with Crippen LogP contribution in [0.25, 0.3) is 0 Å². The van der Waals surface area contributed by atoms with Gasteiger partial charge in [0.25, 0.3) is 0 Å². The maximum atomic E-state index is 11.0. The van der Waals surface area contributed by atoms with Gasteiger partial charge in [-0.05, 0) is 42.8 Å². The number of benzene rings is 2. The van der Waals surface area contributed by atoms with Crippen LogP contribution >= 0.6 is 0 Å². The lowest BCUT2D eigenvalue weighted by atomic mass is 10.2. The van der Waals surface area contributed by atoms with Crippen LogP contribution in [0.4, 0.5) is 11.4 Å². The van der Waals surface area contributed by atoms with Gasteiger partial charge in [-0.3, -0.25) is 0 Å². The van der Waals surface area contributed by atoms with Gasteiger partial charge in [0.1, 0.15) is 11.4 Å². The fourth-order valence-corrected chi connectivity index (χ4v) is 1.60. The number of hydrogen-bond donors (Lipinski definition) is 2. The van der Waals surface area contributed by atoms with Crippen LogP contribution in [0.1, 0.15) is 15.9 Å². The van der Waals surface area contributed by atoms with Crippen LogP contribution in [0.2, 0.25) is 0 Å². The van der Waals surface area contributed by atoms with Gasteiger partial charge in [-0.1, -0.05) is 12.1 Å². The van der Waals surface area contributed by atoms with Crippen LogP contribution in [-0.2, 0) is 0 Å². The Morgan fingerprint density at radius 2 is 1.74 bits per heavy atom. The summed E-state index contributed by atoms with van der Waals surface area (Å²) in [5.41, 5.74) is 1.74. The molecule has 2 aromatic rings. The lowest BCUT2D eigenvalue weighted by Crippen LogP contribution is -1.95. The summed E-state index contributed by atoms with van der Waals surface area (Å²) in [5, 5.41) is 26.3. The minimum atomic E-state index is -1.04. The van der Waals surface area contributed by atoms with E-state index in [1.165, 1.54) is 12.1 Å². The van der Waals surface area contributed by atoms with Crippen molar-refractivity contribution in [2.24, 2.45) is 10.2 Å². The van der Waals surface area contributed by atoms with Crippen LogP contribution in [0.5, 0.6) is 5.75 Å². The highest BCUT2D eigenvalue weighted by Crippen LogP contribution is 2.26. The summed E-state index contributed by atoms with van der Waals surface area (Å²) in [6, 6.07) is 11.1. The van der Waals surface area contributed by atoms with E-state index in [0.29, 0.717) is 11.4 Å². The molecule has 2 aromatic carbocycles. The third-order valence-electron chi connectivity index (χ3n) is 2.58. The molecule has 5 nitrogen and oxygen atoms in total.